The Balaban J connectivity index is 1.50. The third-order valence-corrected chi connectivity index (χ3v) is 3.88. The van der Waals surface area contributed by atoms with Crippen LogP contribution in [0.5, 0.6) is 5.75 Å². The second-order valence-corrected chi connectivity index (χ2v) is 5.35. The molecule has 1 aliphatic carbocycles. The Morgan fingerprint density at radius 1 is 1.10 bits per heavy atom. The van der Waals surface area contributed by atoms with Gasteiger partial charge in [-0.05, 0) is 54.5 Å². The molecular weight excluding hydrogens is 248 g/mol. The van der Waals surface area contributed by atoms with Crippen molar-refractivity contribution in [1.82, 2.24) is 0 Å². The quantitative estimate of drug-likeness (QED) is 0.838. The Kier molecular flexibility index (Phi) is 4.03. The van der Waals surface area contributed by atoms with E-state index in [-0.39, 0.29) is 6.10 Å². The Bertz CT molecular complexity index is 563. The Morgan fingerprint density at radius 2 is 1.95 bits per heavy atom. The molecule has 0 aliphatic heterocycles. The van der Waals surface area contributed by atoms with Crippen LogP contribution in [0, 0.1) is 0 Å². The van der Waals surface area contributed by atoms with Crippen LogP contribution in [0.1, 0.15) is 35.6 Å². The summed E-state index contributed by atoms with van der Waals surface area (Å²) in [7, 11) is 0. The molecule has 0 bridgehead atoms. The SMILES string of the molecule is OC1CCc2cc(OCCCc3ccccc3)ccc21. The number of hydrogen-bond donors (Lipinski definition) is 1. The van der Waals surface area contributed by atoms with Crippen molar-refractivity contribution in [3.05, 3.63) is 65.2 Å². The summed E-state index contributed by atoms with van der Waals surface area (Å²) < 4.78 is 5.81. The highest BCUT2D eigenvalue weighted by atomic mass is 16.5. The minimum absolute atomic E-state index is 0.280. The molecule has 20 heavy (non-hydrogen) atoms. The fourth-order valence-corrected chi connectivity index (χ4v) is 2.77. The van der Waals surface area contributed by atoms with Crippen molar-refractivity contribution < 1.29 is 9.84 Å². The highest BCUT2D eigenvalue weighted by Gasteiger charge is 2.20. The third kappa shape index (κ3) is 3.02. The predicted octanol–water partition coefficient (Wildman–Crippen LogP) is 3.68. The maximum atomic E-state index is 9.77. The van der Waals surface area contributed by atoms with E-state index in [1.54, 1.807) is 0 Å². The number of ether oxygens (including phenoxy) is 1. The van der Waals surface area contributed by atoms with E-state index < -0.39 is 0 Å². The first-order chi connectivity index (χ1) is 9.83. The van der Waals surface area contributed by atoms with Crippen LogP contribution in [0.15, 0.2) is 48.5 Å². The molecule has 2 aromatic rings. The lowest BCUT2D eigenvalue weighted by atomic mass is 10.1. The lowest BCUT2D eigenvalue weighted by molar-refractivity contribution is 0.180. The second-order valence-electron chi connectivity index (χ2n) is 5.35. The van der Waals surface area contributed by atoms with Gasteiger partial charge in [0.2, 0.25) is 0 Å². The van der Waals surface area contributed by atoms with Gasteiger partial charge in [-0.15, -0.1) is 0 Å². The molecule has 2 heteroatoms. The van der Waals surface area contributed by atoms with Gasteiger partial charge in [-0.2, -0.15) is 0 Å². The lowest BCUT2D eigenvalue weighted by Crippen LogP contribution is -2.00. The first kappa shape index (κ1) is 13.2. The lowest BCUT2D eigenvalue weighted by Gasteiger charge is -2.09. The second kappa shape index (κ2) is 6.10. The zero-order chi connectivity index (χ0) is 13.8. The molecule has 2 nitrogen and oxygen atoms in total. The van der Waals surface area contributed by atoms with Gasteiger partial charge in [0.25, 0.3) is 0 Å². The molecule has 1 aliphatic rings. The molecular formula is C18H20O2. The zero-order valence-electron chi connectivity index (χ0n) is 11.6. The van der Waals surface area contributed by atoms with Crippen LogP contribution in [-0.2, 0) is 12.8 Å². The average Bonchev–Trinajstić information content (AvgIpc) is 2.86. The van der Waals surface area contributed by atoms with Crippen LogP contribution in [0.2, 0.25) is 0 Å². The van der Waals surface area contributed by atoms with Crippen LogP contribution in [0.4, 0.5) is 0 Å². The van der Waals surface area contributed by atoms with Gasteiger partial charge in [-0.25, -0.2) is 0 Å². The Hall–Kier alpha value is -1.80. The summed E-state index contributed by atoms with van der Waals surface area (Å²) in [5.41, 5.74) is 3.66. The van der Waals surface area contributed by atoms with E-state index in [1.807, 2.05) is 18.2 Å². The third-order valence-electron chi connectivity index (χ3n) is 3.88. The summed E-state index contributed by atoms with van der Waals surface area (Å²) >= 11 is 0. The molecule has 0 spiro atoms. The Labute approximate surface area is 120 Å². The van der Waals surface area contributed by atoms with Crippen LogP contribution in [-0.4, -0.2) is 11.7 Å². The van der Waals surface area contributed by atoms with Gasteiger partial charge in [0.1, 0.15) is 5.75 Å². The number of rotatable bonds is 5. The summed E-state index contributed by atoms with van der Waals surface area (Å²) in [5.74, 6) is 0.922. The van der Waals surface area contributed by atoms with Gasteiger partial charge in [0.05, 0.1) is 12.7 Å². The number of benzene rings is 2. The molecule has 0 fully saturated rings. The van der Waals surface area contributed by atoms with Crippen molar-refractivity contribution in [3.8, 4) is 5.75 Å². The number of aryl methyl sites for hydroxylation is 2. The summed E-state index contributed by atoms with van der Waals surface area (Å²) in [6.07, 6.45) is 3.58. The summed E-state index contributed by atoms with van der Waals surface area (Å²) in [4.78, 5) is 0. The van der Waals surface area contributed by atoms with E-state index in [0.717, 1.165) is 43.6 Å². The van der Waals surface area contributed by atoms with Crippen molar-refractivity contribution in [2.45, 2.75) is 31.8 Å². The van der Waals surface area contributed by atoms with Crippen molar-refractivity contribution in [1.29, 1.82) is 0 Å². The summed E-state index contributed by atoms with van der Waals surface area (Å²) in [6.45, 7) is 0.732. The zero-order valence-corrected chi connectivity index (χ0v) is 11.6. The van der Waals surface area contributed by atoms with E-state index in [0.29, 0.717) is 0 Å². The smallest absolute Gasteiger partial charge is 0.119 e. The van der Waals surface area contributed by atoms with E-state index >= 15 is 0 Å². The van der Waals surface area contributed by atoms with E-state index in [2.05, 4.69) is 30.3 Å². The van der Waals surface area contributed by atoms with E-state index in [1.165, 1.54) is 11.1 Å². The molecule has 0 heterocycles. The van der Waals surface area contributed by atoms with Crippen molar-refractivity contribution >= 4 is 0 Å². The highest BCUT2D eigenvalue weighted by molar-refractivity contribution is 5.39. The fraction of sp³-hybridized carbons (Fsp3) is 0.333. The van der Waals surface area contributed by atoms with Crippen LogP contribution in [0.3, 0.4) is 0 Å². The van der Waals surface area contributed by atoms with Gasteiger partial charge in [0.15, 0.2) is 0 Å². The first-order valence-corrected chi connectivity index (χ1v) is 7.30. The number of aliphatic hydroxyl groups excluding tert-OH is 1. The molecule has 0 saturated carbocycles. The van der Waals surface area contributed by atoms with Crippen LogP contribution < -0.4 is 4.74 Å². The minimum Gasteiger partial charge on any atom is -0.494 e. The van der Waals surface area contributed by atoms with Crippen molar-refractivity contribution in [2.75, 3.05) is 6.61 Å². The van der Waals surface area contributed by atoms with Crippen molar-refractivity contribution in [2.24, 2.45) is 0 Å². The number of aliphatic hydroxyl groups is 1. The Morgan fingerprint density at radius 3 is 2.80 bits per heavy atom. The minimum atomic E-state index is -0.280. The molecule has 1 unspecified atom stereocenters. The molecule has 1 atom stereocenters. The normalized spacial score (nSPS) is 16.9. The summed E-state index contributed by atoms with van der Waals surface area (Å²) in [5, 5.41) is 9.77. The monoisotopic (exact) mass is 268 g/mol. The van der Waals surface area contributed by atoms with E-state index in [4.69, 9.17) is 4.74 Å². The molecule has 0 aromatic heterocycles. The fourth-order valence-electron chi connectivity index (χ4n) is 2.77. The van der Waals surface area contributed by atoms with Crippen LogP contribution >= 0.6 is 0 Å². The standard InChI is InChI=1S/C18H20O2/c19-18-11-8-15-13-16(9-10-17(15)18)20-12-4-7-14-5-2-1-3-6-14/h1-3,5-6,9-10,13,18-19H,4,7-8,11-12H2. The summed E-state index contributed by atoms with van der Waals surface area (Å²) in [6, 6.07) is 16.5. The van der Waals surface area contributed by atoms with Gasteiger partial charge in [-0.3, -0.25) is 0 Å². The molecule has 104 valence electrons. The highest BCUT2D eigenvalue weighted by Crippen LogP contribution is 2.33. The average molecular weight is 268 g/mol. The predicted molar refractivity (Wildman–Crippen MR) is 80.0 cm³/mol. The van der Waals surface area contributed by atoms with Crippen LogP contribution in [0.25, 0.3) is 0 Å². The molecule has 2 aromatic carbocycles. The van der Waals surface area contributed by atoms with E-state index in [9.17, 15) is 5.11 Å². The first-order valence-electron chi connectivity index (χ1n) is 7.30. The van der Waals surface area contributed by atoms with Gasteiger partial charge < -0.3 is 9.84 Å². The van der Waals surface area contributed by atoms with Gasteiger partial charge in [0, 0.05) is 0 Å². The largest absolute Gasteiger partial charge is 0.494 e. The molecule has 0 radical (unpaired) electrons. The molecule has 0 saturated heterocycles. The number of hydrogen-bond acceptors (Lipinski definition) is 2. The topological polar surface area (TPSA) is 29.5 Å². The molecule has 3 rings (SSSR count). The molecule has 0 amide bonds. The maximum Gasteiger partial charge on any atom is 0.119 e. The van der Waals surface area contributed by atoms with Gasteiger partial charge in [-0.1, -0.05) is 36.4 Å². The number of fused-ring (bicyclic) bond motifs is 1. The maximum absolute atomic E-state index is 9.77. The molecule has 1 N–H and O–H groups in total. The van der Waals surface area contributed by atoms with Gasteiger partial charge >= 0.3 is 0 Å². The van der Waals surface area contributed by atoms with Crippen molar-refractivity contribution in [3.63, 3.8) is 0 Å².